The Hall–Kier alpha value is -4.58. The largest absolute Gasteiger partial charge is 0.496 e. The molecule has 0 amide bonds. The fourth-order valence-electron chi connectivity index (χ4n) is 3.52. The molecule has 0 saturated carbocycles. The predicted molar refractivity (Wildman–Crippen MR) is 134 cm³/mol. The fraction of sp³-hybridized carbons (Fsp3) is 0.0714. The Morgan fingerprint density at radius 2 is 1.82 bits per heavy atom. The number of nitrogens with zero attached hydrogens (tertiary/aromatic N) is 2. The number of para-hydroxylation sites is 1. The van der Waals surface area contributed by atoms with Gasteiger partial charge in [-0.2, -0.15) is 5.10 Å². The highest BCUT2D eigenvalue weighted by Crippen LogP contribution is 2.27. The van der Waals surface area contributed by atoms with Crippen LogP contribution in [0.1, 0.15) is 28.4 Å². The van der Waals surface area contributed by atoms with E-state index < -0.39 is 0 Å². The van der Waals surface area contributed by atoms with E-state index in [1.165, 1.54) is 0 Å². The summed E-state index contributed by atoms with van der Waals surface area (Å²) in [7, 11) is 1.64. The second kappa shape index (κ2) is 9.92. The Kier molecular flexibility index (Phi) is 6.21. The monoisotopic (exact) mass is 449 g/mol. The van der Waals surface area contributed by atoms with Crippen molar-refractivity contribution in [2.75, 3.05) is 7.11 Å². The molecule has 0 atom stereocenters. The number of rotatable bonds is 8. The molecule has 5 aromatic rings. The summed E-state index contributed by atoms with van der Waals surface area (Å²) in [6.45, 7) is 0.400. The molecule has 0 fully saturated rings. The normalized spacial score (nSPS) is 11.6. The Bertz CT molecular complexity index is 1420. The first-order chi connectivity index (χ1) is 16.8. The van der Waals surface area contributed by atoms with E-state index in [9.17, 15) is 0 Å². The van der Waals surface area contributed by atoms with Gasteiger partial charge in [0.1, 0.15) is 29.4 Å². The van der Waals surface area contributed by atoms with E-state index in [2.05, 4.69) is 15.2 Å². The highest BCUT2D eigenvalue weighted by Gasteiger charge is 2.05. The van der Waals surface area contributed by atoms with Gasteiger partial charge in [-0.1, -0.05) is 24.3 Å². The molecule has 3 heterocycles. The molecule has 0 bridgehead atoms. The molecule has 6 nitrogen and oxygen atoms in total. The van der Waals surface area contributed by atoms with Crippen molar-refractivity contribution in [1.29, 1.82) is 0 Å². The van der Waals surface area contributed by atoms with E-state index in [0.717, 1.165) is 50.9 Å². The second-order valence-electron chi connectivity index (χ2n) is 7.61. The van der Waals surface area contributed by atoms with Gasteiger partial charge in [0.05, 0.1) is 24.2 Å². The number of methoxy groups -OCH3 is 1. The number of hydrogen-bond donors (Lipinski definition) is 1. The smallest absolute Gasteiger partial charge is 0.134 e. The molecule has 0 aliphatic carbocycles. The van der Waals surface area contributed by atoms with Crippen molar-refractivity contribution >= 4 is 35.3 Å². The number of nitrogens with one attached hydrogen (secondary N) is 1. The van der Waals surface area contributed by atoms with Crippen LogP contribution >= 0.6 is 0 Å². The van der Waals surface area contributed by atoms with E-state index in [-0.39, 0.29) is 0 Å². The number of aromatic amines is 1. The molecule has 0 unspecified atom stereocenters. The van der Waals surface area contributed by atoms with Crippen molar-refractivity contribution in [3.8, 4) is 11.5 Å². The summed E-state index contributed by atoms with van der Waals surface area (Å²) < 4.78 is 17.2. The van der Waals surface area contributed by atoms with Crippen LogP contribution in [0, 0.1) is 0 Å². The third-order valence-corrected chi connectivity index (χ3v) is 5.24. The van der Waals surface area contributed by atoms with Crippen molar-refractivity contribution in [1.82, 2.24) is 15.2 Å². The molecule has 0 spiro atoms. The third-order valence-electron chi connectivity index (χ3n) is 5.24. The van der Waals surface area contributed by atoms with Gasteiger partial charge in [0.25, 0.3) is 0 Å². The van der Waals surface area contributed by atoms with Crippen molar-refractivity contribution in [2.24, 2.45) is 0 Å². The maximum Gasteiger partial charge on any atom is 0.134 e. The zero-order valence-electron chi connectivity index (χ0n) is 18.6. The number of benzene rings is 2. The summed E-state index contributed by atoms with van der Waals surface area (Å²) in [5.41, 5.74) is 4.36. The number of H-pyrrole nitrogens is 1. The van der Waals surface area contributed by atoms with E-state index in [0.29, 0.717) is 6.61 Å². The zero-order valence-corrected chi connectivity index (χ0v) is 18.6. The van der Waals surface area contributed by atoms with Crippen LogP contribution in [0.4, 0.5) is 0 Å². The first-order valence-corrected chi connectivity index (χ1v) is 10.9. The molecule has 168 valence electrons. The molecular weight excluding hydrogens is 426 g/mol. The average Bonchev–Trinajstić information content (AvgIpc) is 3.52. The molecular formula is C28H23N3O3. The Balaban J connectivity index is 1.24. The Morgan fingerprint density at radius 1 is 0.912 bits per heavy atom. The van der Waals surface area contributed by atoms with Crippen LogP contribution in [-0.2, 0) is 6.61 Å². The van der Waals surface area contributed by atoms with Crippen molar-refractivity contribution in [2.45, 2.75) is 6.61 Å². The van der Waals surface area contributed by atoms with Gasteiger partial charge in [0.15, 0.2) is 0 Å². The van der Waals surface area contributed by atoms with Gasteiger partial charge < -0.3 is 13.9 Å². The molecule has 0 aliphatic rings. The summed E-state index contributed by atoms with van der Waals surface area (Å²) in [5, 5.41) is 8.47. The molecule has 5 rings (SSSR count). The summed E-state index contributed by atoms with van der Waals surface area (Å²) in [4.78, 5) is 4.27. The standard InChI is InChI=1S/C28H23N3O3/c1-32-28-18-25(33-19-24-7-4-5-15-29-24)13-10-20(28)9-11-22-17-23(31-30-22)12-14-26-16-21-6-2-3-8-27(21)34-26/h2-18H,19H2,1H3,(H,30,31)/b11-9+,14-12+. The quantitative estimate of drug-likeness (QED) is 0.293. The molecule has 2 aromatic carbocycles. The number of ether oxygens (including phenoxy) is 2. The van der Waals surface area contributed by atoms with Crippen molar-refractivity contribution in [3.63, 3.8) is 0 Å². The summed E-state index contributed by atoms with van der Waals surface area (Å²) in [6.07, 6.45) is 9.51. The van der Waals surface area contributed by atoms with Gasteiger partial charge in [0.2, 0.25) is 0 Å². The van der Waals surface area contributed by atoms with E-state index in [1.54, 1.807) is 13.3 Å². The minimum absolute atomic E-state index is 0.400. The van der Waals surface area contributed by atoms with Gasteiger partial charge in [0, 0.05) is 23.2 Å². The van der Waals surface area contributed by atoms with Gasteiger partial charge in [-0.15, -0.1) is 0 Å². The van der Waals surface area contributed by atoms with Crippen molar-refractivity contribution < 1.29 is 13.9 Å². The average molecular weight is 450 g/mol. The number of fused-ring (bicyclic) bond motifs is 1. The maximum atomic E-state index is 5.84. The lowest BCUT2D eigenvalue weighted by atomic mass is 10.1. The van der Waals surface area contributed by atoms with Crippen LogP contribution in [-0.4, -0.2) is 22.3 Å². The summed E-state index contributed by atoms with van der Waals surface area (Å²) >= 11 is 0. The maximum absolute atomic E-state index is 5.84. The lowest BCUT2D eigenvalue weighted by Crippen LogP contribution is -1.98. The number of pyridine rings is 1. The first kappa shape index (κ1) is 21.3. The van der Waals surface area contributed by atoms with E-state index >= 15 is 0 Å². The zero-order chi connectivity index (χ0) is 23.2. The van der Waals surface area contributed by atoms with E-state index in [4.69, 9.17) is 13.9 Å². The number of hydrogen-bond acceptors (Lipinski definition) is 5. The van der Waals surface area contributed by atoms with E-state index in [1.807, 2.05) is 97.1 Å². The first-order valence-electron chi connectivity index (χ1n) is 10.9. The lowest BCUT2D eigenvalue weighted by Gasteiger charge is -2.09. The molecule has 1 N–H and O–H groups in total. The SMILES string of the molecule is COc1cc(OCc2ccccn2)ccc1/C=C/c1cc(/C=C/c2cc3ccccc3o2)[nH]n1. The Labute approximate surface area is 197 Å². The van der Waals surface area contributed by atoms with Gasteiger partial charge in [-0.3, -0.25) is 10.1 Å². The van der Waals surface area contributed by atoms with Crippen LogP contribution < -0.4 is 9.47 Å². The highest BCUT2D eigenvalue weighted by molar-refractivity contribution is 5.81. The van der Waals surface area contributed by atoms with Crippen LogP contribution in [0.2, 0.25) is 0 Å². The van der Waals surface area contributed by atoms with Gasteiger partial charge in [-0.25, -0.2) is 0 Å². The minimum Gasteiger partial charge on any atom is -0.496 e. The van der Waals surface area contributed by atoms with Gasteiger partial charge in [-0.05, 0) is 66.8 Å². The topological polar surface area (TPSA) is 73.2 Å². The molecule has 0 aliphatic heterocycles. The van der Waals surface area contributed by atoms with Crippen molar-refractivity contribution in [3.05, 3.63) is 107 Å². The van der Waals surface area contributed by atoms with Crippen LogP contribution in [0.25, 0.3) is 35.3 Å². The van der Waals surface area contributed by atoms with Gasteiger partial charge >= 0.3 is 0 Å². The molecule has 0 saturated heterocycles. The Morgan fingerprint density at radius 3 is 2.68 bits per heavy atom. The molecule has 34 heavy (non-hydrogen) atoms. The fourth-order valence-corrected chi connectivity index (χ4v) is 3.52. The summed E-state index contributed by atoms with van der Waals surface area (Å²) in [5.74, 6) is 2.23. The number of furan rings is 1. The predicted octanol–water partition coefficient (Wildman–Crippen LogP) is 6.48. The second-order valence-corrected chi connectivity index (χ2v) is 7.61. The summed E-state index contributed by atoms with van der Waals surface area (Å²) in [6, 6.07) is 23.4. The third kappa shape index (κ3) is 5.07. The molecule has 6 heteroatoms. The number of aromatic nitrogens is 3. The minimum atomic E-state index is 0.400. The lowest BCUT2D eigenvalue weighted by molar-refractivity contribution is 0.299. The van der Waals surface area contributed by atoms with Crippen LogP contribution in [0.3, 0.4) is 0 Å². The van der Waals surface area contributed by atoms with Crippen LogP contribution in [0.15, 0.2) is 83.4 Å². The highest BCUT2D eigenvalue weighted by atomic mass is 16.5. The molecule has 0 radical (unpaired) electrons. The molecule has 3 aromatic heterocycles. The van der Waals surface area contributed by atoms with Crippen LogP contribution in [0.5, 0.6) is 11.5 Å².